The summed E-state index contributed by atoms with van der Waals surface area (Å²) in [5, 5.41) is 6.43. The molecule has 4 aromatic rings. The van der Waals surface area contributed by atoms with Crippen molar-refractivity contribution in [1.82, 2.24) is 15.0 Å². The lowest BCUT2D eigenvalue weighted by atomic mass is 10.2. The Hall–Kier alpha value is -2.99. The molecule has 0 unspecified atom stereocenters. The molecule has 6 heteroatoms. The molecule has 0 radical (unpaired) electrons. The Kier molecular flexibility index (Phi) is 4.52. The number of nitrogens with zero attached hydrogens (tertiary/aromatic N) is 3. The molecule has 25 heavy (non-hydrogen) atoms. The van der Waals surface area contributed by atoms with Gasteiger partial charge in [0, 0.05) is 18.8 Å². The number of rotatable bonds is 6. The van der Waals surface area contributed by atoms with Gasteiger partial charge in [-0.1, -0.05) is 30.3 Å². The fourth-order valence-electron chi connectivity index (χ4n) is 2.49. The van der Waals surface area contributed by atoms with Crippen LogP contribution in [0.5, 0.6) is 5.88 Å². The monoisotopic (exact) mass is 348 g/mol. The molecule has 3 heterocycles. The maximum Gasteiger partial charge on any atom is 0.213 e. The number of nitrogens with one attached hydrogen (secondary N) is 1. The van der Waals surface area contributed by atoms with Gasteiger partial charge in [-0.15, -0.1) is 11.3 Å². The van der Waals surface area contributed by atoms with Gasteiger partial charge in [0.1, 0.15) is 23.6 Å². The van der Waals surface area contributed by atoms with E-state index < -0.39 is 0 Å². The van der Waals surface area contributed by atoms with Gasteiger partial charge in [0.15, 0.2) is 0 Å². The van der Waals surface area contributed by atoms with Crippen molar-refractivity contribution in [3.63, 3.8) is 0 Å². The third-order valence-electron chi connectivity index (χ3n) is 3.75. The molecule has 3 aromatic heterocycles. The summed E-state index contributed by atoms with van der Waals surface area (Å²) in [6, 6.07) is 16.0. The lowest BCUT2D eigenvalue weighted by molar-refractivity contribution is 0.293. The van der Waals surface area contributed by atoms with E-state index in [1.54, 1.807) is 23.9 Å². The van der Waals surface area contributed by atoms with Crippen LogP contribution < -0.4 is 10.1 Å². The van der Waals surface area contributed by atoms with Gasteiger partial charge in [-0.2, -0.15) is 0 Å². The summed E-state index contributed by atoms with van der Waals surface area (Å²) in [4.78, 5) is 13.9. The van der Waals surface area contributed by atoms with Crippen molar-refractivity contribution >= 4 is 27.4 Å². The number of ether oxygens (including phenoxy) is 1. The number of hydrogen-bond donors (Lipinski definition) is 1. The topological polar surface area (TPSA) is 59.9 Å². The standard InChI is InChI=1S/C19H16N4OS/c1-2-4-14(5-3-1)12-24-17-10-15(6-8-20-17)11-21-18-16-7-9-25-19(16)23-13-22-18/h1-10,13H,11-12H2,(H,21,22,23). The van der Waals surface area contributed by atoms with Crippen LogP contribution in [0, 0.1) is 0 Å². The number of thiophene rings is 1. The quantitative estimate of drug-likeness (QED) is 0.564. The second-order valence-electron chi connectivity index (χ2n) is 5.49. The van der Waals surface area contributed by atoms with Crippen molar-refractivity contribution in [2.45, 2.75) is 13.2 Å². The number of anilines is 1. The molecule has 0 fully saturated rings. The summed E-state index contributed by atoms with van der Waals surface area (Å²) < 4.78 is 5.78. The molecule has 0 spiro atoms. The Morgan fingerprint density at radius 3 is 2.80 bits per heavy atom. The van der Waals surface area contributed by atoms with Crippen molar-refractivity contribution in [2.24, 2.45) is 0 Å². The van der Waals surface area contributed by atoms with E-state index in [1.807, 2.05) is 53.9 Å². The average molecular weight is 348 g/mol. The van der Waals surface area contributed by atoms with Gasteiger partial charge in [0.2, 0.25) is 5.88 Å². The molecular formula is C19H16N4OS. The number of pyridine rings is 1. The molecule has 124 valence electrons. The molecule has 5 nitrogen and oxygen atoms in total. The SMILES string of the molecule is c1ccc(COc2cc(CNc3ncnc4sccc34)ccn2)cc1. The maximum absolute atomic E-state index is 5.78. The highest BCUT2D eigenvalue weighted by Gasteiger charge is 2.05. The summed E-state index contributed by atoms with van der Waals surface area (Å²) >= 11 is 1.61. The zero-order valence-electron chi connectivity index (χ0n) is 13.4. The van der Waals surface area contributed by atoms with Crippen LogP contribution >= 0.6 is 11.3 Å². The van der Waals surface area contributed by atoms with E-state index in [4.69, 9.17) is 4.74 Å². The van der Waals surface area contributed by atoms with Crippen LogP contribution in [-0.4, -0.2) is 15.0 Å². The minimum Gasteiger partial charge on any atom is -0.473 e. The first-order valence-electron chi connectivity index (χ1n) is 7.92. The van der Waals surface area contributed by atoms with Crippen LogP contribution in [0.3, 0.4) is 0 Å². The first-order chi connectivity index (χ1) is 12.4. The Labute approximate surface area is 149 Å². The van der Waals surface area contributed by atoms with Gasteiger partial charge in [-0.05, 0) is 28.6 Å². The molecule has 0 atom stereocenters. The summed E-state index contributed by atoms with van der Waals surface area (Å²) in [6.07, 6.45) is 3.35. The van der Waals surface area contributed by atoms with E-state index in [9.17, 15) is 0 Å². The van der Waals surface area contributed by atoms with E-state index >= 15 is 0 Å². The molecular weight excluding hydrogens is 332 g/mol. The normalized spacial score (nSPS) is 10.7. The van der Waals surface area contributed by atoms with Crippen molar-refractivity contribution in [1.29, 1.82) is 0 Å². The predicted octanol–water partition coefficient (Wildman–Crippen LogP) is 4.28. The molecule has 1 aromatic carbocycles. The van der Waals surface area contributed by atoms with Gasteiger partial charge >= 0.3 is 0 Å². The van der Waals surface area contributed by atoms with Crippen LogP contribution in [0.15, 0.2) is 66.4 Å². The Balaban J connectivity index is 1.42. The fourth-order valence-corrected chi connectivity index (χ4v) is 3.22. The number of benzene rings is 1. The second kappa shape index (κ2) is 7.27. The molecule has 0 aliphatic carbocycles. The average Bonchev–Trinajstić information content (AvgIpc) is 3.15. The minimum absolute atomic E-state index is 0.506. The van der Waals surface area contributed by atoms with Gasteiger partial charge in [-0.3, -0.25) is 0 Å². The first kappa shape index (κ1) is 15.5. The molecule has 0 aliphatic heterocycles. The molecule has 4 rings (SSSR count). The lowest BCUT2D eigenvalue weighted by Gasteiger charge is -2.09. The third-order valence-corrected chi connectivity index (χ3v) is 4.57. The highest BCUT2D eigenvalue weighted by molar-refractivity contribution is 7.16. The molecule has 1 N–H and O–H groups in total. The molecule has 0 saturated carbocycles. The number of aromatic nitrogens is 3. The summed E-state index contributed by atoms with van der Waals surface area (Å²) in [6.45, 7) is 1.15. The van der Waals surface area contributed by atoms with Crippen molar-refractivity contribution in [2.75, 3.05) is 5.32 Å². The third kappa shape index (κ3) is 3.75. The molecule has 0 saturated heterocycles. The molecule has 0 amide bonds. The Morgan fingerprint density at radius 1 is 0.960 bits per heavy atom. The van der Waals surface area contributed by atoms with Crippen molar-refractivity contribution in [3.8, 4) is 5.88 Å². The number of hydrogen-bond acceptors (Lipinski definition) is 6. The van der Waals surface area contributed by atoms with E-state index in [-0.39, 0.29) is 0 Å². The van der Waals surface area contributed by atoms with Crippen LogP contribution in [-0.2, 0) is 13.2 Å². The summed E-state index contributed by atoms with van der Waals surface area (Å²) in [5.41, 5.74) is 2.20. The van der Waals surface area contributed by atoms with Crippen LogP contribution in [0.1, 0.15) is 11.1 Å². The van der Waals surface area contributed by atoms with Crippen molar-refractivity contribution < 1.29 is 4.74 Å². The Bertz CT molecular complexity index is 971. The maximum atomic E-state index is 5.78. The second-order valence-corrected chi connectivity index (χ2v) is 6.39. The van der Waals surface area contributed by atoms with E-state index in [1.165, 1.54) is 0 Å². The smallest absolute Gasteiger partial charge is 0.213 e. The lowest BCUT2D eigenvalue weighted by Crippen LogP contribution is -2.03. The molecule has 0 aliphatic rings. The summed E-state index contributed by atoms with van der Waals surface area (Å²) in [7, 11) is 0. The molecule has 0 bridgehead atoms. The summed E-state index contributed by atoms with van der Waals surface area (Å²) in [5.74, 6) is 1.46. The van der Waals surface area contributed by atoms with Gasteiger partial charge < -0.3 is 10.1 Å². The highest BCUT2D eigenvalue weighted by Crippen LogP contribution is 2.24. The first-order valence-corrected chi connectivity index (χ1v) is 8.80. The largest absolute Gasteiger partial charge is 0.473 e. The van der Waals surface area contributed by atoms with E-state index in [0.29, 0.717) is 19.0 Å². The van der Waals surface area contributed by atoms with Gasteiger partial charge in [0.25, 0.3) is 0 Å². The van der Waals surface area contributed by atoms with Crippen LogP contribution in [0.4, 0.5) is 5.82 Å². The van der Waals surface area contributed by atoms with Gasteiger partial charge in [0.05, 0.1) is 5.39 Å². The predicted molar refractivity (Wildman–Crippen MR) is 99.8 cm³/mol. The van der Waals surface area contributed by atoms with Crippen LogP contribution in [0.2, 0.25) is 0 Å². The fraction of sp³-hybridized carbons (Fsp3) is 0.105. The zero-order chi connectivity index (χ0) is 16.9. The zero-order valence-corrected chi connectivity index (χ0v) is 14.2. The number of fused-ring (bicyclic) bond motifs is 1. The van der Waals surface area contributed by atoms with Crippen LogP contribution in [0.25, 0.3) is 10.2 Å². The van der Waals surface area contributed by atoms with Gasteiger partial charge in [-0.25, -0.2) is 15.0 Å². The Morgan fingerprint density at radius 2 is 1.88 bits per heavy atom. The highest BCUT2D eigenvalue weighted by atomic mass is 32.1. The van der Waals surface area contributed by atoms with E-state index in [2.05, 4.69) is 20.3 Å². The van der Waals surface area contributed by atoms with Crippen molar-refractivity contribution in [3.05, 3.63) is 77.6 Å². The minimum atomic E-state index is 0.506. The van der Waals surface area contributed by atoms with E-state index in [0.717, 1.165) is 27.2 Å².